The topological polar surface area (TPSA) is 76.4 Å². The molecule has 0 aliphatic carbocycles. The molecule has 3 rings (SSSR count). The molecular formula is C18H26FIN6O. The Kier molecular flexibility index (Phi) is 7.96. The molecule has 1 aliphatic heterocycles. The van der Waals surface area contributed by atoms with Crippen LogP contribution in [0.25, 0.3) is 0 Å². The molecule has 1 aromatic carbocycles. The number of hydrogen-bond acceptors (Lipinski definition) is 4. The first kappa shape index (κ1) is 21.5. The summed E-state index contributed by atoms with van der Waals surface area (Å²) < 4.78 is 20.6. The van der Waals surface area contributed by atoms with Gasteiger partial charge in [-0.15, -0.1) is 24.0 Å². The van der Waals surface area contributed by atoms with Gasteiger partial charge in [-0.1, -0.05) is 12.1 Å². The summed E-state index contributed by atoms with van der Waals surface area (Å²) in [5, 5.41) is 10.7. The fourth-order valence-corrected chi connectivity index (χ4v) is 3.25. The number of halogens is 2. The van der Waals surface area contributed by atoms with Gasteiger partial charge in [0.25, 0.3) is 0 Å². The van der Waals surface area contributed by atoms with E-state index in [9.17, 15) is 4.39 Å². The Morgan fingerprint density at radius 1 is 1.26 bits per heavy atom. The van der Waals surface area contributed by atoms with E-state index in [1.165, 1.54) is 18.5 Å². The summed E-state index contributed by atoms with van der Waals surface area (Å²) in [7, 11) is 3.59. The van der Waals surface area contributed by atoms with E-state index in [1.807, 2.05) is 19.2 Å². The van der Waals surface area contributed by atoms with Crippen LogP contribution in [-0.4, -0.2) is 47.5 Å². The number of hydrogen-bond donors (Lipinski definition) is 2. The minimum atomic E-state index is -0.218. The molecule has 1 aromatic heterocycles. The molecule has 7 nitrogen and oxygen atoms in total. The quantitative estimate of drug-likeness (QED) is 0.383. The van der Waals surface area contributed by atoms with Crippen LogP contribution in [0.5, 0.6) is 0 Å². The van der Waals surface area contributed by atoms with Crippen LogP contribution in [0.15, 0.2) is 35.6 Å². The van der Waals surface area contributed by atoms with Crippen molar-refractivity contribution in [3.63, 3.8) is 0 Å². The molecule has 1 aliphatic rings. The molecule has 2 N–H and O–H groups in total. The van der Waals surface area contributed by atoms with Gasteiger partial charge in [-0.25, -0.2) is 9.37 Å². The summed E-state index contributed by atoms with van der Waals surface area (Å²) in [5.41, 5.74) is 1.02. The Morgan fingerprint density at radius 3 is 2.56 bits per heavy atom. The monoisotopic (exact) mass is 488 g/mol. The molecule has 0 radical (unpaired) electrons. The van der Waals surface area contributed by atoms with Crippen LogP contribution in [0, 0.1) is 5.82 Å². The number of aromatic nitrogens is 3. The molecule has 2 aromatic rings. The minimum absolute atomic E-state index is 0. The van der Waals surface area contributed by atoms with Crippen LogP contribution in [0.3, 0.4) is 0 Å². The Bertz CT molecular complexity index is 743. The van der Waals surface area contributed by atoms with Crippen LogP contribution in [0.4, 0.5) is 4.39 Å². The van der Waals surface area contributed by atoms with Crippen molar-refractivity contribution in [3.05, 3.63) is 47.8 Å². The van der Waals surface area contributed by atoms with E-state index in [-0.39, 0.29) is 35.2 Å². The van der Waals surface area contributed by atoms with E-state index in [0.29, 0.717) is 32.3 Å². The number of nitrogens with one attached hydrogen (secondary N) is 2. The predicted molar refractivity (Wildman–Crippen MR) is 113 cm³/mol. The average molecular weight is 488 g/mol. The van der Waals surface area contributed by atoms with E-state index < -0.39 is 0 Å². The Hall–Kier alpha value is -1.75. The third-order valence-corrected chi connectivity index (χ3v) is 4.94. The summed E-state index contributed by atoms with van der Waals surface area (Å²) in [6.45, 7) is 2.62. The van der Waals surface area contributed by atoms with Gasteiger partial charge in [0.2, 0.25) is 0 Å². The van der Waals surface area contributed by atoms with Crippen molar-refractivity contribution < 1.29 is 9.13 Å². The van der Waals surface area contributed by atoms with E-state index >= 15 is 0 Å². The normalized spacial score (nSPS) is 16.5. The zero-order chi connectivity index (χ0) is 18.4. The van der Waals surface area contributed by atoms with Crippen molar-refractivity contribution in [2.75, 3.05) is 26.8 Å². The van der Waals surface area contributed by atoms with E-state index in [2.05, 4.69) is 25.7 Å². The maximum Gasteiger partial charge on any atom is 0.191 e. The van der Waals surface area contributed by atoms with Gasteiger partial charge in [-0.05, 0) is 30.5 Å². The Balaban J connectivity index is 0.00000261. The second kappa shape index (κ2) is 9.98. The maximum atomic E-state index is 13.3. The maximum absolute atomic E-state index is 13.3. The zero-order valence-corrected chi connectivity index (χ0v) is 17.9. The lowest BCUT2D eigenvalue weighted by Crippen LogP contribution is -2.48. The number of aliphatic imine (C=N–C) groups is 1. The van der Waals surface area contributed by atoms with E-state index in [1.54, 1.807) is 11.7 Å². The van der Waals surface area contributed by atoms with Crippen molar-refractivity contribution in [2.45, 2.75) is 24.8 Å². The SMILES string of the molecule is CN=C(NCc1ncnn1C)NCC1(c2ccc(F)cc2)CCOCC1.I. The highest BCUT2D eigenvalue weighted by molar-refractivity contribution is 14.0. The Morgan fingerprint density at radius 2 is 1.96 bits per heavy atom. The lowest BCUT2D eigenvalue weighted by Gasteiger charge is -2.38. The van der Waals surface area contributed by atoms with Gasteiger partial charge in [-0.2, -0.15) is 5.10 Å². The van der Waals surface area contributed by atoms with Gasteiger partial charge in [-0.3, -0.25) is 9.67 Å². The van der Waals surface area contributed by atoms with Crippen LogP contribution < -0.4 is 10.6 Å². The highest BCUT2D eigenvalue weighted by Gasteiger charge is 2.34. The number of aryl methyl sites for hydroxylation is 1. The van der Waals surface area contributed by atoms with E-state index in [4.69, 9.17) is 4.74 Å². The summed E-state index contributed by atoms with van der Waals surface area (Å²) in [6.07, 6.45) is 3.29. The fraction of sp³-hybridized carbons (Fsp3) is 0.500. The molecule has 0 spiro atoms. The fourth-order valence-electron chi connectivity index (χ4n) is 3.25. The molecule has 1 fully saturated rings. The van der Waals surface area contributed by atoms with Crippen molar-refractivity contribution in [1.29, 1.82) is 0 Å². The number of benzene rings is 1. The minimum Gasteiger partial charge on any atom is -0.381 e. The first-order chi connectivity index (χ1) is 12.6. The number of nitrogens with zero attached hydrogens (tertiary/aromatic N) is 4. The van der Waals surface area contributed by atoms with Crippen LogP contribution in [0.2, 0.25) is 0 Å². The van der Waals surface area contributed by atoms with Crippen molar-refractivity contribution in [3.8, 4) is 0 Å². The average Bonchev–Trinajstić information content (AvgIpc) is 3.08. The van der Waals surface area contributed by atoms with Gasteiger partial charge in [0.05, 0.1) is 6.54 Å². The van der Waals surface area contributed by atoms with Gasteiger partial charge in [0.1, 0.15) is 18.0 Å². The molecule has 27 heavy (non-hydrogen) atoms. The largest absolute Gasteiger partial charge is 0.381 e. The number of guanidine groups is 1. The molecule has 148 valence electrons. The second-order valence-corrected chi connectivity index (χ2v) is 6.48. The summed E-state index contributed by atoms with van der Waals surface area (Å²) in [5.74, 6) is 1.30. The van der Waals surface area contributed by atoms with Crippen molar-refractivity contribution >= 4 is 29.9 Å². The highest BCUT2D eigenvalue weighted by atomic mass is 127. The summed E-state index contributed by atoms with van der Waals surface area (Å²) in [4.78, 5) is 8.48. The standard InChI is InChI=1S/C18H25FN6O.HI/c1-20-17(21-11-16-23-13-24-25(16)2)22-12-18(7-9-26-10-8-18)14-3-5-15(19)6-4-14;/h3-6,13H,7-12H2,1-2H3,(H2,20,21,22);1H. The van der Waals surface area contributed by atoms with Gasteiger partial charge in [0, 0.05) is 39.3 Å². The number of ether oxygens (including phenoxy) is 1. The van der Waals surface area contributed by atoms with E-state index in [0.717, 1.165) is 24.2 Å². The molecule has 0 unspecified atom stereocenters. The lowest BCUT2D eigenvalue weighted by atomic mass is 9.74. The van der Waals surface area contributed by atoms with Gasteiger partial charge in [0.15, 0.2) is 5.96 Å². The first-order valence-electron chi connectivity index (χ1n) is 8.74. The van der Waals surface area contributed by atoms with Crippen LogP contribution in [0.1, 0.15) is 24.2 Å². The highest BCUT2D eigenvalue weighted by Crippen LogP contribution is 2.34. The smallest absolute Gasteiger partial charge is 0.191 e. The molecule has 0 bridgehead atoms. The third kappa shape index (κ3) is 5.38. The summed E-state index contributed by atoms with van der Waals surface area (Å²) >= 11 is 0. The molecular weight excluding hydrogens is 462 g/mol. The van der Waals surface area contributed by atoms with Gasteiger partial charge >= 0.3 is 0 Å². The Labute approximate surface area is 175 Å². The molecule has 0 saturated carbocycles. The van der Waals surface area contributed by atoms with Gasteiger partial charge < -0.3 is 15.4 Å². The zero-order valence-electron chi connectivity index (χ0n) is 15.6. The molecule has 9 heteroatoms. The third-order valence-electron chi connectivity index (χ3n) is 4.94. The molecule has 0 atom stereocenters. The molecule has 0 amide bonds. The summed E-state index contributed by atoms with van der Waals surface area (Å²) in [6, 6.07) is 6.79. The van der Waals surface area contributed by atoms with Crippen LogP contribution in [-0.2, 0) is 23.7 Å². The second-order valence-electron chi connectivity index (χ2n) is 6.48. The predicted octanol–water partition coefficient (Wildman–Crippen LogP) is 1.99. The first-order valence-corrected chi connectivity index (χ1v) is 8.74. The van der Waals surface area contributed by atoms with Crippen molar-refractivity contribution in [2.24, 2.45) is 12.0 Å². The lowest BCUT2D eigenvalue weighted by molar-refractivity contribution is 0.0513. The molecule has 2 heterocycles. The molecule has 1 saturated heterocycles. The number of rotatable bonds is 5. The van der Waals surface area contributed by atoms with Crippen molar-refractivity contribution in [1.82, 2.24) is 25.4 Å². The van der Waals surface area contributed by atoms with Crippen LogP contribution >= 0.6 is 24.0 Å².